The number of ether oxygens (including phenoxy) is 1. The van der Waals surface area contributed by atoms with Crippen LogP contribution in [0.4, 0.5) is 0 Å². The number of nitrogens with one attached hydrogen (secondary N) is 1. The Morgan fingerprint density at radius 2 is 1.47 bits per heavy atom. The van der Waals surface area contributed by atoms with Gasteiger partial charge in [0.05, 0.1) is 19.1 Å². The molecular weight excluding hydrogens is 494 g/mol. The molecule has 38 heavy (non-hydrogen) atoms. The molecule has 0 atom stereocenters. The summed E-state index contributed by atoms with van der Waals surface area (Å²) in [5.74, 6) is 1.34. The number of amides is 1. The summed E-state index contributed by atoms with van der Waals surface area (Å²) in [6.07, 6.45) is 1.63. The Morgan fingerprint density at radius 3 is 2.16 bits per heavy atom. The zero-order valence-corrected chi connectivity index (χ0v) is 21.5. The van der Waals surface area contributed by atoms with Gasteiger partial charge in [-0.2, -0.15) is 5.10 Å². The summed E-state index contributed by atoms with van der Waals surface area (Å²) < 4.78 is 7.21. The van der Waals surface area contributed by atoms with Crippen LogP contribution in [0.5, 0.6) is 5.75 Å². The molecule has 0 unspecified atom stereocenters. The molecule has 4 aromatic carbocycles. The van der Waals surface area contributed by atoms with Gasteiger partial charge in [0, 0.05) is 11.3 Å². The van der Waals surface area contributed by atoms with Gasteiger partial charge >= 0.3 is 0 Å². The highest BCUT2D eigenvalue weighted by atomic mass is 32.2. The summed E-state index contributed by atoms with van der Waals surface area (Å²) >= 11 is 1.30. The van der Waals surface area contributed by atoms with E-state index in [1.54, 1.807) is 13.3 Å². The normalized spacial score (nSPS) is 11.0. The molecule has 188 valence electrons. The third-order valence-corrected chi connectivity index (χ3v) is 6.68. The maximum absolute atomic E-state index is 12.5. The van der Waals surface area contributed by atoms with Crippen LogP contribution in [0.3, 0.4) is 0 Å². The van der Waals surface area contributed by atoms with Crippen LogP contribution >= 0.6 is 11.8 Å². The van der Waals surface area contributed by atoms with Crippen LogP contribution < -0.4 is 10.2 Å². The lowest BCUT2D eigenvalue weighted by molar-refractivity contribution is -0.118. The first kappa shape index (κ1) is 25.0. The first-order valence-electron chi connectivity index (χ1n) is 12.0. The van der Waals surface area contributed by atoms with Crippen LogP contribution in [0.25, 0.3) is 28.2 Å². The van der Waals surface area contributed by atoms with Crippen molar-refractivity contribution < 1.29 is 9.53 Å². The van der Waals surface area contributed by atoms with E-state index in [9.17, 15) is 4.79 Å². The van der Waals surface area contributed by atoms with Crippen molar-refractivity contribution >= 4 is 23.9 Å². The van der Waals surface area contributed by atoms with Crippen molar-refractivity contribution in [1.29, 1.82) is 0 Å². The van der Waals surface area contributed by atoms with Crippen molar-refractivity contribution in [3.05, 3.63) is 115 Å². The highest BCUT2D eigenvalue weighted by molar-refractivity contribution is 7.99. The number of thioether (sulfide) groups is 1. The van der Waals surface area contributed by atoms with Gasteiger partial charge in [0.25, 0.3) is 5.91 Å². The van der Waals surface area contributed by atoms with Crippen molar-refractivity contribution in [3.8, 4) is 34.0 Å². The molecule has 5 aromatic rings. The number of aromatic nitrogens is 3. The molecule has 0 saturated heterocycles. The molecule has 1 amide bonds. The standard InChI is InChI=1S/C30H25N5O2S/c1-37-27-18-16-25(17-19-27)29-33-34-30(35(29)26-10-6-3-7-11-26)38-21-28(36)32-31-20-22-12-14-24(15-13-22)23-8-4-2-5-9-23/h2-20H,21H2,1H3,(H,32,36)/b31-20+. The number of carbonyl (C=O) groups is 1. The summed E-state index contributed by atoms with van der Waals surface area (Å²) in [4.78, 5) is 12.5. The molecule has 8 heteroatoms. The molecule has 0 aliphatic rings. The van der Waals surface area contributed by atoms with Crippen LogP contribution in [0.1, 0.15) is 5.56 Å². The van der Waals surface area contributed by atoms with Crippen LogP contribution in [0.15, 0.2) is 119 Å². The predicted molar refractivity (Wildman–Crippen MR) is 152 cm³/mol. The molecule has 5 rings (SSSR count). The zero-order valence-electron chi connectivity index (χ0n) is 20.7. The fraction of sp³-hybridized carbons (Fsp3) is 0.0667. The van der Waals surface area contributed by atoms with Gasteiger partial charge in [-0.3, -0.25) is 9.36 Å². The second-order valence-electron chi connectivity index (χ2n) is 8.28. The lowest BCUT2D eigenvalue weighted by Gasteiger charge is -2.10. The molecule has 0 fully saturated rings. The van der Waals surface area contributed by atoms with Crippen LogP contribution in [0, 0.1) is 0 Å². The first-order chi connectivity index (χ1) is 18.7. The number of hydrazone groups is 1. The van der Waals surface area contributed by atoms with Crippen molar-refractivity contribution in [2.75, 3.05) is 12.9 Å². The molecule has 0 saturated carbocycles. The average molecular weight is 520 g/mol. The monoisotopic (exact) mass is 519 g/mol. The fourth-order valence-corrected chi connectivity index (χ4v) is 4.58. The highest BCUT2D eigenvalue weighted by Crippen LogP contribution is 2.29. The van der Waals surface area contributed by atoms with Crippen LogP contribution in [-0.4, -0.2) is 39.7 Å². The number of hydrogen-bond acceptors (Lipinski definition) is 6. The number of carbonyl (C=O) groups excluding carboxylic acids is 1. The Balaban J connectivity index is 1.24. The smallest absolute Gasteiger partial charge is 0.250 e. The SMILES string of the molecule is COc1ccc(-c2nnc(SCC(=O)N/N=C/c3ccc(-c4ccccc4)cc3)n2-c2ccccc2)cc1. The summed E-state index contributed by atoms with van der Waals surface area (Å²) in [6.45, 7) is 0. The molecule has 1 aromatic heterocycles. The second-order valence-corrected chi connectivity index (χ2v) is 9.22. The van der Waals surface area contributed by atoms with E-state index in [1.165, 1.54) is 11.8 Å². The molecule has 0 radical (unpaired) electrons. The van der Waals surface area contributed by atoms with E-state index in [0.717, 1.165) is 33.7 Å². The molecule has 0 aliphatic heterocycles. The Morgan fingerprint density at radius 1 is 0.842 bits per heavy atom. The van der Waals surface area contributed by atoms with E-state index in [2.05, 4.69) is 32.9 Å². The highest BCUT2D eigenvalue weighted by Gasteiger charge is 2.17. The molecule has 1 heterocycles. The molecule has 1 N–H and O–H groups in total. The topological polar surface area (TPSA) is 81.4 Å². The molecule has 0 bridgehead atoms. The van der Waals surface area contributed by atoms with Crippen molar-refractivity contribution in [3.63, 3.8) is 0 Å². The van der Waals surface area contributed by atoms with Gasteiger partial charge in [-0.1, -0.05) is 84.6 Å². The van der Waals surface area contributed by atoms with Gasteiger partial charge in [0.2, 0.25) is 0 Å². The van der Waals surface area contributed by atoms with E-state index in [4.69, 9.17) is 4.74 Å². The van der Waals surface area contributed by atoms with Gasteiger partial charge in [-0.25, -0.2) is 5.43 Å². The Labute approximate surface area is 225 Å². The first-order valence-corrected chi connectivity index (χ1v) is 13.0. The number of rotatable bonds is 9. The summed E-state index contributed by atoms with van der Waals surface area (Å²) in [5, 5.41) is 13.5. The van der Waals surface area contributed by atoms with Gasteiger partial charge in [0.1, 0.15) is 5.75 Å². The third kappa shape index (κ3) is 5.99. The van der Waals surface area contributed by atoms with Gasteiger partial charge in [0.15, 0.2) is 11.0 Å². The zero-order chi connectivity index (χ0) is 26.2. The summed E-state index contributed by atoms with van der Waals surface area (Å²) in [5.41, 5.74) is 7.56. The minimum Gasteiger partial charge on any atom is -0.497 e. The lowest BCUT2D eigenvalue weighted by Crippen LogP contribution is -2.20. The summed E-state index contributed by atoms with van der Waals surface area (Å²) in [6, 6.07) is 35.6. The minimum atomic E-state index is -0.235. The van der Waals surface area contributed by atoms with E-state index in [1.807, 2.05) is 102 Å². The van der Waals surface area contributed by atoms with Crippen molar-refractivity contribution in [2.45, 2.75) is 5.16 Å². The van der Waals surface area contributed by atoms with Gasteiger partial charge in [-0.05, 0) is 53.1 Å². The number of para-hydroxylation sites is 1. The molecular formula is C30H25N5O2S. The lowest BCUT2D eigenvalue weighted by atomic mass is 10.0. The van der Waals surface area contributed by atoms with E-state index in [-0.39, 0.29) is 11.7 Å². The van der Waals surface area contributed by atoms with Gasteiger partial charge < -0.3 is 4.74 Å². The number of nitrogens with zero attached hydrogens (tertiary/aromatic N) is 4. The van der Waals surface area contributed by atoms with Gasteiger partial charge in [-0.15, -0.1) is 10.2 Å². The maximum Gasteiger partial charge on any atom is 0.250 e. The number of methoxy groups -OCH3 is 1. The molecule has 0 spiro atoms. The minimum absolute atomic E-state index is 0.137. The van der Waals surface area contributed by atoms with Crippen LogP contribution in [-0.2, 0) is 4.79 Å². The van der Waals surface area contributed by atoms with E-state index < -0.39 is 0 Å². The van der Waals surface area contributed by atoms with Crippen molar-refractivity contribution in [2.24, 2.45) is 5.10 Å². The van der Waals surface area contributed by atoms with Crippen LogP contribution in [0.2, 0.25) is 0 Å². The third-order valence-electron chi connectivity index (χ3n) is 5.75. The molecule has 0 aliphatic carbocycles. The fourth-order valence-electron chi connectivity index (χ4n) is 3.83. The largest absolute Gasteiger partial charge is 0.497 e. The Bertz CT molecular complexity index is 1520. The summed E-state index contributed by atoms with van der Waals surface area (Å²) in [7, 11) is 1.63. The maximum atomic E-state index is 12.5. The number of benzene rings is 4. The second kappa shape index (κ2) is 12.0. The Hall–Kier alpha value is -4.69. The average Bonchev–Trinajstić information content (AvgIpc) is 3.41. The van der Waals surface area contributed by atoms with Crippen molar-refractivity contribution in [1.82, 2.24) is 20.2 Å². The number of hydrogen-bond donors (Lipinski definition) is 1. The predicted octanol–water partition coefficient (Wildman–Crippen LogP) is 5.85. The van der Waals surface area contributed by atoms with E-state index >= 15 is 0 Å². The molecule has 7 nitrogen and oxygen atoms in total. The Kier molecular flexibility index (Phi) is 7.91. The quantitative estimate of drug-likeness (QED) is 0.150. The van der Waals surface area contributed by atoms with E-state index in [0.29, 0.717) is 11.0 Å².